The molecule has 0 rings (SSSR count). The van der Waals surface area contributed by atoms with Crippen LogP contribution in [0.2, 0.25) is 0 Å². The van der Waals surface area contributed by atoms with E-state index in [1.54, 1.807) is 0 Å². The number of hydrogen-bond donors (Lipinski definition) is 0. The van der Waals surface area contributed by atoms with E-state index in [1.165, 1.54) is 0 Å². The van der Waals surface area contributed by atoms with Crippen molar-refractivity contribution in [2.75, 3.05) is 0 Å². The molecule has 21 heavy (non-hydrogen) atoms. The van der Waals surface area contributed by atoms with Crippen LogP contribution in [0.15, 0.2) is 0 Å². The zero-order chi connectivity index (χ0) is 17.1. The second kappa shape index (κ2) is 25.9. The molecule has 114 valence electrons. The van der Waals surface area contributed by atoms with Crippen LogP contribution in [0.5, 0.6) is 0 Å². The fourth-order valence-electron chi connectivity index (χ4n) is 0. The molecular weight excluding hydrogens is 384 g/mol. The second-order valence-corrected chi connectivity index (χ2v) is 1.75. The molecule has 0 aliphatic carbocycles. The van der Waals surface area contributed by atoms with Gasteiger partial charge in [0, 0.05) is 0 Å². The first-order valence-corrected chi connectivity index (χ1v) is 3.73. The summed E-state index contributed by atoms with van der Waals surface area (Å²) in [6, 6.07) is 0. The zero-order valence-corrected chi connectivity index (χ0v) is 11.6. The van der Waals surface area contributed by atoms with Crippen molar-refractivity contribution in [1.82, 2.24) is 0 Å². The summed E-state index contributed by atoms with van der Waals surface area (Å²) >= 11 is 0. The quantitative estimate of drug-likeness (QED) is 0.248. The van der Waals surface area contributed by atoms with E-state index in [0.29, 0.717) is 0 Å². The van der Waals surface area contributed by atoms with E-state index in [-0.39, 0.29) is 46.2 Å². The Bertz CT molecular complexity index is 301. The molecule has 0 atom stereocenters. The summed E-state index contributed by atoms with van der Waals surface area (Å²) in [4.78, 5) is 70.9. The minimum atomic E-state index is -1.68. The van der Waals surface area contributed by atoms with E-state index >= 15 is 0 Å². The average Bonchev–Trinajstić information content (AvgIpc) is 2.40. The van der Waals surface area contributed by atoms with Crippen LogP contribution in [0.3, 0.4) is 0 Å². The van der Waals surface area contributed by atoms with Crippen LogP contribution in [0.1, 0.15) is 0 Å². The molecule has 0 saturated heterocycles. The first-order valence-electron chi connectivity index (χ1n) is 3.73. The molecule has 0 spiro atoms. The Morgan fingerprint density at radius 1 is 0.476 bits per heavy atom. The molecule has 13 heteroatoms. The van der Waals surface area contributed by atoms with Gasteiger partial charge in [-0.1, -0.05) is 0 Å². The van der Waals surface area contributed by atoms with Crippen molar-refractivity contribution in [3.8, 4) is 0 Å². The summed E-state index contributed by atoms with van der Waals surface area (Å²) in [5.41, 5.74) is 0. The molecule has 0 radical (unpaired) electrons. The maximum absolute atomic E-state index is 8.89. The van der Waals surface area contributed by atoms with E-state index in [9.17, 15) is 0 Å². The monoisotopic (exact) mass is 390 g/mol. The van der Waals surface area contributed by atoms with Gasteiger partial charge in [0.1, 0.15) is 23.9 Å². The summed E-state index contributed by atoms with van der Waals surface area (Å²) in [7, 11) is 0. The van der Waals surface area contributed by atoms with E-state index in [2.05, 4.69) is 0 Å². The molecule has 0 bridgehead atoms. The summed E-state index contributed by atoms with van der Waals surface area (Å²) in [5, 5.41) is 35.6. The Kier molecular flexibility index (Phi) is 38.2. The molecule has 0 aromatic heterocycles. The van der Waals surface area contributed by atoms with Crippen LogP contribution in [-0.4, -0.2) is 49.0 Å². The number of carboxylic acid groups (broad SMARTS) is 4. The third-order valence-corrected chi connectivity index (χ3v) is 0.385. The third kappa shape index (κ3) is 146. The van der Waals surface area contributed by atoms with Crippen LogP contribution in [0.4, 0.5) is 0 Å². The summed E-state index contributed by atoms with van der Waals surface area (Å²) < 4.78 is 0. The molecule has 0 fully saturated rings. The number of aliphatic carboxylic acids is 4. The van der Waals surface area contributed by atoms with Gasteiger partial charge in [0.2, 0.25) is 0 Å². The number of rotatable bonds is 4. The normalized spacial score (nSPS) is 6.10. The fraction of sp³-hybridized carbons (Fsp3) is 0. The maximum Gasteiger partial charge on any atom is 4.00 e. The summed E-state index contributed by atoms with van der Waals surface area (Å²) in [6.45, 7) is 0. The number of carboxylic acids is 4. The largest absolute Gasteiger partial charge is 4.00 e. The van der Waals surface area contributed by atoms with Gasteiger partial charge in [-0.25, -0.2) is 0 Å². The van der Waals surface area contributed by atoms with E-state index in [1.807, 2.05) is 0 Å². The molecule has 0 aliphatic rings. The van der Waals surface area contributed by atoms with Crippen LogP contribution in [-0.2, 0) is 59.4 Å². The average molecular weight is 388 g/mol. The Balaban J connectivity index is -0.0000000533. The van der Waals surface area contributed by atoms with E-state index in [4.69, 9.17) is 58.8 Å². The predicted octanol–water partition coefficient (Wildman–Crippen LogP) is -8.26. The predicted molar refractivity (Wildman–Crippen MR) is 44.3 cm³/mol. The molecule has 0 heterocycles. The Morgan fingerprint density at radius 2 is 0.524 bits per heavy atom. The molecule has 0 unspecified atom stereocenters. The molecular formula is C8H4MoO12. The molecule has 0 amide bonds. The topological polar surface area (TPSA) is 229 Å². The van der Waals surface area contributed by atoms with Crippen molar-refractivity contribution in [3.05, 3.63) is 0 Å². The van der Waals surface area contributed by atoms with Gasteiger partial charge in [0.25, 0.3) is 0 Å². The van der Waals surface area contributed by atoms with Gasteiger partial charge >= 0.3 is 21.1 Å². The van der Waals surface area contributed by atoms with Crippen molar-refractivity contribution < 1.29 is 79.8 Å². The second-order valence-electron chi connectivity index (χ2n) is 1.75. The minimum Gasteiger partial charge on any atom is -0.542 e. The fourth-order valence-corrected chi connectivity index (χ4v) is 0. The van der Waals surface area contributed by atoms with Gasteiger partial charge in [-0.05, 0) is 0 Å². The summed E-state index contributed by atoms with van der Waals surface area (Å²) in [6.07, 6.45) is -1.11. The minimum absolute atomic E-state index is 0. The van der Waals surface area contributed by atoms with Gasteiger partial charge in [-0.2, -0.15) is 0 Å². The van der Waals surface area contributed by atoms with E-state index < -0.39 is 23.9 Å². The van der Waals surface area contributed by atoms with E-state index in [0.717, 1.165) is 0 Å². The van der Waals surface area contributed by atoms with Crippen molar-refractivity contribution in [1.29, 1.82) is 0 Å². The maximum atomic E-state index is 8.89. The van der Waals surface area contributed by atoms with Crippen molar-refractivity contribution >= 4 is 49.0 Å². The van der Waals surface area contributed by atoms with Gasteiger partial charge in [0.15, 0.2) is 25.1 Å². The van der Waals surface area contributed by atoms with Crippen LogP contribution >= 0.6 is 0 Å². The van der Waals surface area contributed by atoms with Crippen LogP contribution in [0.25, 0.3) is 0 Å². The standard InChI is InChI=1S/4C2H2O3.Mo/c4*3-1-2(4)5;/h4*1H,(H,4,5);/q;;;;+4/p-4. The Labute approximate surface area is 129 Å². The van der Waals surface area contributed by atoms with Crippen LogP contribution in [0, 0.1) is 0 Å². The van der Waals surface area contributed by atoms with Gasteiger partial charge in [-0.15, -0.1) is 0 Å². The smallest absolute Gasteiger partial charge is 0.542 e. The SMILES string of the molecule is O=CC(=O)[O-].O=CC(=O)[O-].O=CC(=O)[O-].O=CC(=O)[O-].[Mo+4]. The molecule has 0 aromatic rings. The zero-order valence-electron chi connectivity index (χ0n) is 9.62. The number of hydrogen-bond acceptors (Lipinski definition) is 12. The third-order valence-electron chi connectivity index (χ3n) is 0.385. The number of aldehydes is 4. The Morgan fingerprint density at radius 3 is 0.524 bits per heavy atom. The Hall–Kier alpha value is -2.75. The van der Waals surface area contributed by atoms with Crippen molar-refractivity contribution in [2.24, 2.45) is 0 Å². The summed E-state index contributed by atoms with van der Waals surface area (Å²) in [5.74, 6) is -6.70. The van der Waals surface area contributed by atoms with Crippen LogP contribution < -0.4 is 20.4 Å². The van der Waals surface area contributed by atoms with Gasteiger partial charge < -0.3 is 39.6 Å². The molecule has 0 aromatic carbocycles. The first-order chi connectivity index (χ1) is 9.08. The molecule has 12 nitrogen and oxygen atoms in total. The number of carbonyl (C=O) groups excluding carboxylic acids is 8. The number of carbonyl (C=O) groups is 8. The van der Waals surface area contributed by atoms with Crippen molar-refractivity contribution in [3.63, 3.8) is 0 Å². The van der Waals surface area contributed by atoms with Gasteiger partial charge in [-0.3, -0.25) is 19.2 Å². The molecule has 0 saturated carbocycles. The van der Waals surface area contributed by atoms with Gasteiger partial charge in [0.05, 0.1) is 0 Å². The first kappa shape index (κ1) is 30.9. The molecule has 0 N–H and O–H groups in total. The van der Waals surface area contributed by atoms with Crippen molar-refractivity contribution in [2.45, 2.75) is 0 Å². The molecule has 0 aliphatic heterocycles.